The van der Waals surface area contributed by atoms with Crippen molar-refractivity contribution in [3.63, 3.8) is 0 Å². The van der Waals surface area contributed by atoms with Crippen molar-refractivity contribution in [1.82, 2.24) is 4.31 Å². The second kappa shape index (κ2) is 15.4. The quantitative estimate of drug-likeness (QED) is 0.0822. The third-order valence-corrected chi connectivity index (χ3v) is 12.9. The van der Waals surface area contributed by atoms with Crippen molar-refractivity contribution in [3.8, 4) is 0 Å². The predicted molar refractivity (Wildman–Crippen MR) is 196 cm³/mol. The first-order valence-electron chi connectivity index (χ1n) is 18.1. The van der Waals surface area contributed by atoms with Crippen molar-refractivity contribution >= 4 is 44.9 Å². The number of benzene rings is 4. The lowest BCUT2D eigenvalue weighted by Gasteiger charge is -2.34. The van der Waals surface area contributed by atoms with Gasteiger partial charge in [0.15, 0.2) is 28.2 Å². The zero-order valence-electron chi connectivity index (χ0n) is 30.0. The van der Waals surface area contributed by atoms with Crippen LogP contribution in [0.15, 0.2) is 59.5 Å². The van der Waals surface area contributed by atoms with Crippen LogP contribution in [-0.4, -0.2) is 48.8 Å². The van der Waals surface area contributed by atoms with E-state index >= 15 is 13.6 Å². The van der Waals surface area contributed by atoms with Crippen LogP contribution in [-0.2, 0) is 27.9 Å². The Hall–Kier alpha value is -4.60. The molecule has 1 atom stereocenters. The van der Waals surface area contributed by atoms with Gasteiger partial charge in [-0.2, -0.15) is 4.31 Å². The van der Waals surface area contributed by atoms with E-state index in [0.29, 0.717) is 29.9 Å². The number of carboxylic acids is 1. The molecule has 3 fully saturated rings. The van der Waals surface area contributed by atoms with Crippen LogP contribution in [0.1, 0.15) is 89.9 Å². The normalized spacial score (nSPS) is 16.4. The van der Waals surface area contributed by atoms with E-state index in [9.17, 15) is 35.9 Å². The Morgan fingerprint density at radius 1 is 0.821 bits per heavy atom. The molecule has 0 spiro atoms. The average molecular weight is 820 g/mol. The smallest absolute Gasteiger partial charge is 0.335 e. The minimum Gasteiger partial charge on any atom is -0.478 e. The summed E-state index contributed by atoms with van der Waals surface area (Å²) in [7, 11) is -5.79. The molecule has 1 N–H and O–H groups in total. The standard InChI is InChI=1S/C40H36ClF6N3O5S/c1-21(50(20-26-8-10-28(42)18-31(26)41)56(54,55)38-36(46)34(44)33(43)35(45)37(38)47)39(51)49(32-11-9-25(40(52)53)17-30(32)24-6-7-24)19-22-14-27(23-4-5-23)16-29(15-22)48-12-2-3-13-48/h8-11,14-18,21,23-24H,2-7,12-13,19-20H2,1H3,(H,52,53)/t21-/m0/s1. The van der Waals surface area contributed by atoms with Gasteiger partial charge in [-0.1, -0.05) is 23.7 Å². The van der Waals surface area contributed by atoms with E-state index in [0.717, 1.165) is 75.1 Å². The molecule has 8 nitrogen and oxygen atoms in total. The number of rotatable bonds is 13. The van der Waals surface area contributed by atoms with Gasteiger partial charge in [-0.25, -0.2) is 39.6 Å². The number of carboxylic acid groups (broad SMARTS) is 1. The maximum absolute atomic E-state index is 15.3. The second-order valence-electron chi connectivity index (χ2n) is 14.5. The van der Waals surface area contributed by atoms with Gasteiger partial charge in [-0.3, -0.25) is 4.79 Å². The monoisotopic (exact) mass is 819 g/mol. The van der Waals surface area contributed by atoms with Crippen molar-refractivity contribution in [3.05, 3.63) is 122 Å². The molecule has 296 valence electrons. The molecule has 2 saturated carbocycles. The number of halogens is 7. The third-order valence-electron chi connectivity index (χ3n) is 10.6. The van der Waals surface area contributed by atoms with Crippen LogP contribution in [0.2, 0.25) is 5.02 Å². The zero-order chi connectivity index (χ0) is 40.2. The molecule has 4 aromatic rings. The van der Waals surface area contributed by atoms with Crippen molar-refractivity contribution in [2.45, 2.75) is 81.3 Å². The van der Waals surface area contributed by atoms with E-state index < -0.39 is 74.3 Å². The fourth-order valence-corrected chi connectivity index (χ4v) is 9.15. The van der Waals surface area contributed by atoms with Crippen molar-refractivity contribution < 1.29 is 49.5 Å². The number of hydrogen-bond donors (Lipinski definition) is 1. The summed E-state index contributed by atoms with van der Waals surface area (Å²) in [6.07, 6.45) is 5.29. The van der Waals surface area contributed by atoms with Crippen LogP contribution >= 0.6 is 11.6 Å². The molecule has 16 heteroatoms. The van der Waals surface area contributed by atoms with Gasteiger partial charge in [0.2, 0.25) is 21.7 Å². The fraction of sp³-hybridized carbons (Fsp3) is 0.350. The molecule has 1 heterocycles. The first-order chi connectivity index (χ1) is 26.6. The largest absolute Gasteiger partial charge is 0.478 e. The lowest BCUT2D eigenvalue weighted by atomic mass is 10.0. The Balaban J connectivity index is 1.38. The molecule has 7 rings (SSSR count). The van der Waals surface area contributed by atoms with Crippen LogP contribution in [0.5, 0.6) is 0 Å². The molecular formula is C40H36ClF6N3O5S. The van der Waals surface area contributed by atoms with Crippen LogP contribution in [0, 0.1) is 34.9 Å². The Morgan fingerprint density at radius 3 is 2.04 bits per heavy atom. The number of aromatic carboxylic acids is 1. The number of carbonyl (C=O) groups is 2. The van der Waals surface area contributed by atoms with Gasteiger partial charge in [-0.15, -0.1) is 0 Å². The van der Waals surface area contributed by atoms with Gasteiger partial charge >= 0.3 is 5.97 Å². The average Bonchev–Trinajstić information content (AvgIpc) is 4.12. The van der Waals surface area contributed by atoms with Crippen LogP contribution in [0.4, 0.5) is 37.7 Å². The Bertz CT molecular complexity index is 2320. The van der Waals surface area contributed by atoms with E-state index in [-0.39, 0.29) is 38.6 Å². The Morgan fingerprint density at radius 2 is 1.45 bits per heavy atom. The highest BCUT2D eigenvalue weighted by Crippen LogP contribution is 2.46. The first kappa shape index (κ1) is 39.6. The molecule has 4 aromatic carbocycles. The van der Waals surface area contributed by atoms with Gasteiger partial charge < -0.3 is 14.9 Å². The molecule has 2 aliphatic carbocycles. The van der Waals surface area contributed by atoms with E-state index in [1.54, 1.807) is 0 Å². The van der Waals surface area contributed by atoms with Gasteiger partial charge in [0.25, 0.3) is 0 Å². The van der Waals surface area contributed by atoms with Crippen LogP contribution in [0.3, 0.4) is 0 Å². The first-order valence-corrected chi connectivity index (χ1v) is 19.9. The minimum atomic E-state index is -5.79. The number of sulfonamides is 1. The molecule has 3 aliphatic rings. The van der Waals surface area contributed by atoms with E-state index in [1.165, 1.54) is 23.1 Å². The summed E-state index contributed by atoms with van der Waals surface area (Å²) in [5, 5.41) is 9.47. The van der Waals surface area contributed by atoms with Crippen LogP contribution in [0.25, 0.3) is 0 Å². The second-order valence-corrected chi connectivity index (χ2v) is 16.8. The molecule has 1 aliphatic heterocycles. The lowest BCUT2D eigenvalue weighted by Crippen LogP contribution is -2.49. The zero-order valence-corrected chi connectivity index (χ0v) is 31.5. The molecule has 56 heavy (non-hydrogen) atoms. The topological polar surface area (TPSA) is 98.2 Å². The third kappa shape index (κ3) is 7.72. The van der Waals surface area contributed by atoms with Crippen molar-refractivity contribution in [1.29, 1.82) is 0 Å². The number of nitrogens with zero attached hydrogens (tertiary/aromatic N) is 3. The Labute approximate surface area is 324 Å². The minimum absolute atomic E-state index is 0.0513. The van der Waals surface area contributed by atoms with Crippen molar-refractivity contribution in [2.75, 3.05) is 22.9 Å². The Kier molecular flexibility index (Phi) is 10.9. The maximum atomic E-state index is 15.3. The van der Waals surface area contributed by atoms with Gasteiger partial charge in [0, 0.05) is 36.0 Å². The summed E-state index contributed by atoms with van der Waals surface area (Å²) < 4.78 is 117. The summed E-state index contributed by atoms with van der Waals surface area (Å²) >= 11 is 6.24. The van der Waals surface area contributed by atoms with Crippen molar-refractivity contribution in [2.24, 2.45) is 0 Å². The summed E-state index contributed by atoms with van der Waals surface area (Å²) in [6.45, 7) is 1.63. The highest BCUT2D eigenvalue weighted by Gasteiger charge is 2.43. The molecule has 0 bridgehead atoms. The number of amides is 1. The number of carbonyl (C=O) groups excluding carboxylic acids is 1. The molecule has 1 saturated heterocycles. The SMILES string of the molecule is C[C@@H](C(=O)N(Cc1cc(C2CC2)cc(N2CCCC2)c1)c1ccc(C(=O)O)cc1C1CC1)N(Cc1ccc(F)cc1Cl)S(=O)(=O)c1c(F)c(F)c(F)c(F)c1F. The van der Waals surface area contributed by atoms with E-state index in [1.807, 2.05) is 12.1 Å². The van der Waals surface area contributed by atoms with Gasteiger partial charge in [0.05, 0.1) is 12.1 Å². The molecular weight excluding hydrogens is 784 g/mol. The molecule has 1 amide bonds. The molecule has 0 radical (unpaired) electrons. The molecule has 0 unspecified atom stereocenters. The van der Waals surface area contributed by atoms with Crippen LogP contribution < -0.4 is 9.80 Å². The fourth-order valence-electron chi connectivity index (χ4n) is 7.25. The number of hydrogen-bond acceptors (Lipinski definition) is 5. The summed E-state index contributed by atoms with van der Waals surface area (Å²) in [4.78, 5) is 28.4. The summed E-state index contributed by atoms with van der Waals surface area (Å²) in [5.74, 6) is -15.7. The summed E-state index contributed by atoms with van der Waals surface area (Å²) in [5.41, 5.74) is 3.20. The lowest BCUT2D eigenvalue weighted by molar-refractivity contribution is -0.122. The van der Waals surface area contributed by atoms with E-state index in [4.69, 9.17) is 11.6 Å². The summed E-state index contributed by atoms with van der Waals surface area (Å²) in [6, 6.07) is 11.1. The highest BCUT2D eigenvalue weighted by atomic mass is 35.5. The maximum Gasteiger partial charge on any atom is 0.335 e. The van der Waals surface area contributed by atoms with Gasteiger partial charge in [-0.05, 0) is 122 Å². The predicted octanol–water partition coefficient (Wildman–Crippen LogP) is 9.04. The number of anilines is 2. The van der Waals surface area contributed by atoms with E-state index in [2.05, 4.69) is 11.0 Å². The van der Waals surface area contributed by atoms with Gasteiger partial charge in [0.1, 0.15) is 11.9 Å². The highest BCUT2D eigenvalue weighted by molar-refractivity contribution is 7.89. The molecule has 0 aromatic heterocycles.